The largest absolute Gasteiger partial charge is 0.322 e. The van der Waals surface area contributed by atoms with Crippen molar-refractivity contribution in [2.75, 3.05) is 13.2 Å². The van der Waals surface area contributed by atoms with E-state index in [0.717, 1.165) is 18.4 Å². The van der Waals surface area contributed by atoms with Gasteiger partial charge in [0.05, 0.1) is 24.1 Å². The standard InChI is InChI=1S/C20H15ClF2N4O2/c21-13-2-1-3-15(7-13)27-19(12-4-5-16(22)17(23)6-12)8-18(25-27)20(29)26-9-14(10-28)24-11-26/h1-8,10,14,24H,9,11H2. The van der Waals surface area contributed by atoms with Gasteiger partial charge in [0.2, 0.25) is 0 Å². The van der Waals surface area contributed by atoms with E-state index in [9.17, 15) is 18.4 Å². The van der Waals surface area contributed by atoms with Crippen molar-refractivity contribution in [2.45, 2.75) is 6.04 Å². The molecular weight excluding hydrogens is 402 g/mol. The molecule has 9 heteroatoms. The highest BCUT2D eigenvalue weighted by molar-refractivity contribution is 6.30. The molecule has 2 aromatic carbocycles. The lowest BCUT2D eigenvalue weighted by Gasteiger charge is -2.12. The number of benzene rings is 2. The lowest BCUT2D eigenvalue weighted by molar-refractivity contribution is -0.109. The first kappa shape index (κ1) is 19.2. The van der Waals surface area contributed by atoms with Gasteiger partial charge < -0.3 is 9.69 Å². The van der Waals surface area contributed by atoms with Crippen molar-refractivity contribution in [1.82, 2.24) is 20.0 Å². The first-order valence-electron chi connectivity index (χ1n) is 8.75. The molecule has 0 aliphatic carbocycles. The molecule has 6 nitrogen and oxygen atoms in total. The van der Waals surface area contributed by atoms with Gasteiger partial charge in [-0.3, -0.25) is 10.1 Å². The Morgan fingerprint density at radius 2 is 2.00 bits per heavy atom. The van der Waals surface area contributed by atoms with Crippen LogP contribution >= 0.6 is 11.6 Å². The summed E-state index contributed by atoms with van der Waals surface area (Å²) < 4.78 is 28.7. The fourth-order valence-electron chi connectivity index (χ4n) is 3.15. The van der Waals surface area contributed by atoms with Gasteiger partial charge in [0.15, 0.2) is 17.3 Å². The molecule has 0 bridgehead atoms. The molecule has 3 aromatic rings. The third-order valence-electron chi connectivity index (χ3n) is 4.61. The maximum Gasteiger partial charge on any atom is 0.275 e. The summed E-state index contributed by atoms with van der Waals surface area (Å²) in [5.41, 5.74) is 1.41. The van der Waals surface area contributed by atoms with Gasteiger partial charge in [-0.05, 0) is 42.5 Å². The molecule has 1 aliphatic heterocycles. The van der Waals surface area contributed by atoms with Gasteiger partial charge in [0.1, 0.15) is 6.29 Å². The molecule has 148 valence electrons. The average Bonchev–Trinajstić information content (AvgIpc) is 3.37. The van der Waals surface area contributed by atoms with Crippen molar-refractivity contribution >= 4 is 23.8 Å². The Balaban J connectivity index is 1.79. The van der Waals surface area contributed by atoms with Crippen molar-refractivity contribution < 1.29 is 18.4 Å². The number of amides is 1. The van der Waals surface area contributed by atoms with Crippen LogP contribution < -0.4 is 5.32 Å². The minimum Gasteiger partial charge on any atom is -0.322 e. The van der Waals surface area contributed by atoms with E-state index in [1.165, 1.54) is 21.7 Å². The highest BCUT2D eigenvalue weighted by Crippen LogP contribution is 2.27. The van der Waals surface area contributed by atoms with Crippen LogP contribution in [-0.4, -0.2) is 46.1 Å². The van der Waals surface area contributed by atoms with Gasteiger partial charge in [0.25, 0.3) is 5.91 Å². The number of nitrogens with zero attached hydrogens (tertiary/aromatic N) is 3. The Morgan fingerprint density at radius 1 is 1.17 bits per heavy atom. The monoisotopic (exact) mass is 416 g/mol. The van der Waals surface area contributed by atoms with Crippen molar-refractivity contribution in [1.29, 1.82) is 0 Å². The maximum absolute atomic E-state index is 13.8. The molecule has 0 spiro atoms. The van der Waals surface area contributed by atoms with Crippen molar-refractivity contribution in [3.05, 3.63) is 70.9 Å². The van der Waals surface area contributed by atoms with Crippen molar-refractivity contribution in [2.24, 2.45) is 0 Å². The smallest absolute Gasteiger partial charge is 0.275 e. The fourth-order valence-corrected chi connectivity index (χ4v) is 3.34. The van der Waals surface area contributed by atoms with E-state index in [0.29, 0.717) is 22.0 Å². The van der Waals surface area contributed by atoms with Gasteiger partial charge in [-0.15, -0.1) is 0 Å². The summed E-state index contributed by atoms with van der Waals surface area (Å²) in [7, 11) is 0. The van der Waals surface area contributed by atoms with Crippen molar-refractivity contribution in [3.63, 3.8) is 0 Å². The number of aromatic nitrogens is 2. The molecule has 1 aromatic heterocycles. The number of nitrogens with one attached hydrogen (secondary N) is 1. The average molecular weight is 417 g/mol. The summed E-state index contributed by atoms with van der Waals surface area (Å²) in [6, 6.07) is 11.3. The Hall–Kier alpha value is -3.10. The topological polar surface area (TPSA) is 67.2 Å². The van der Waals surface area contributed by atoms with Gasteiger partial charge in [0, 0.05) is 17.1 Å². The lowest BCUT2D eigenvalue weighted by Crippen LogP contribution is -2.30. The van der Waals surface area contributed by atoms with Crippen LogP contribution in [0.15, 0.2) is 48.5 Å². The van der Waals surface area contributed by atoms with Crippen LogP contribution in [0.3, 0.4) is 0 Å². The minimum absolute atomic E-state index is 0.109. The SMILES string of the molecule is O=CC1CN(C(=O)c2cc(-c3ccc(F)c(F)c3)n(-c3cccc(Cl)c3)n2)CN1. The van der Waals surface area contributed by atoms with E-state index < -0.39 is 17.7 Å². The van der Waals surface area contributed by atoms with Gasteiger partial charge in [-0.2, -0.15) is 5.10 Å². The van der Waals surface area contributed by atoms with E-state index >= 15 is 0 Å². The second-order valence-corrected chi connectivity index (χ2v) is 7.00. The summed E-state index contributed by atoms with van der Waals surface area (Å²) in [5.74, 6) is -2.36. The third kappa shape index (κ3) is 3.76. The number of aldehydes is 1. The zero-order valence-electron chi connectivity index (χ0n) is 15.0. The van der Waals surface area contributed by atoms with Crippen LogP contribution in [0.2, 0.25) is 5.02 Å². The summed E-state index contributed by atoms with van der Waals surface area (Å²) >= 11 is 6.08. The molecule has 0 radical (unpaired) electrons. The molecule has 2 heterocycles. The highest BCUT2D eigenvalue weighted by atomic mass is 35.5. The Kier molecular flexibility index (Phi) is 5.12. The molecule has 1 aliphatic rings. The van der Waals surface area contributed by atoms with Crippen LogP contribution in [0.5, 0.6) is 0 Å². The molecule has 1 unspecified atom stereocenters. The molecule has 1 fully saturated rings. The van der Waals surface area contributed by atoms with E-state index in [1.54, 1.807) is 24.3 Å². The second-order valence-electron chi connectivity index (χ2n) is 6.57. The number of hydrogen-bond acceptors (Lipinski definition) is 4. The number of carbonyl (C=O) groups excluding carboxylic acids is 2. The molecular formula is C20H15ClF2N4O2. The number of hydrogen-bond donors (Lipinski definition) is 1. The number of rotatable bonds is 4. The van der Waals surface area contributed by atoms with Gasteiger partial charge in [-0.1, -0.05) is 17.7 Å². The van der Waals surface area contributed by atoms with Crippen LogP contribution in [0, 0.1) is 11.6 Å². The molecule has 1 atom stereocenters. The minimum atomic E-state index is -1.01. The second kappa shape index (κ2) is 7.73. The zero-order valence-corrected chi connectivity index (χ0v) is 15.7. The summed E-state index contributed by atoms with van der Waals surface area (Å²) in [6.45, 7) is 0.444. The van der Waals surface area contributed by atoms with Gasteiger partial charge >= 0.3 is 0 Å². The van der Waals surface area contributed by atoms with Crippen LogP contribution in [0.4, 0.5) is 8.78 Å². The lowest BCUT2D eigenvalue weighted by atomic mass is 10.1. The van der Waals surface area contributed by atoms with Gasteiger partial charge in [-0.25, -0.2) is 13.5 Å². The Labute approximate surface area is 169 Å². The van der Waals surface area contributed by atoms with Crippen LogP contribution in [0.25, 0.3) is 16.9 Å². The fraction of sp³-hybridized carbons (Fsp3) is 0.150. The van der Waals surface area contributed by atoms with Crippen LogP contribution in [-0.2, 0) is 4.79 Å². The van der Waals surface area contributed by atoms with Crippen LogP contribution in [0.1, 0.15) is 10.5 Å². The predicted octanol–water partition coefficient (Wildman–Crippen LogP) is 3.04. The van der Waals surface area contributed by atoms with Crippen molar-refractivity contribution in [3.8, 4) is 16.9 Å². The molecule has 1 amide bonds. The summed E-state index contributed by atoms with van der Waals surface area (Å²) in [4.78, 5) is 25.2. The molecule has 29 heavy (non-hydrogen) atoms. The highest BCUT2D eigenvalue weighted by Gasteiger charge is 2.28. The summed E-state index contributed by atoms with van der Waals surface area (Å²) in [5, 5.41) is 7.74. The first-order valence-corrected chi connectivity index (χ1v) is 9.13. The zero-order chi connectivity index (χ0) is 20.5. The quantitative estimate of drug-likeness (QED) is 0.664. The maximum atomic E-state index is 13.8. The Bertz CT molecular complexity index is 1100. The number of carbonyl (C=O) groups is 2. The number of halogens is 3. The van der Waals surface area contributed by atoms with E-state index in [-0.39, 0.29) is 24.8 Å². The first-order chi connectivity index (χ1) is 14.0. The van der Waals surface area contributed by atoms with E-state index in [2.05, 4.69) is 10.4 Å². The third-order valence-corrected chi connectivity index (χ3v) is 4.84. The molecule has 1 N–H and O–H groups in total. The summed E-state index contributed by atoms with van der Waals surface area (Å²) in [6.07, 6.45) is 0.741. The Morgan fingerprint density at radius 3 is 2.69 bits per heavy atom. The van der Waals surface area contributed by atoms with E-state index in [1.807, 2.05) is 0 Å². The molecule has 1 saturated heterocycles. The predicted molar refractivity (Wildman–Crippen MR) is 103 cm³/mol. The molecule has 4 rings (SSSR count). The molecule has 0 saturated carbocycles. The van der Waals surface area contributed by atoms with E-state index in [4.69, 9.17) is 11.6 Å². The normalized spacial score (nSPS) is 16.2.